The van der Waals surface area contributed by atoms with Gasteiger partial charge in [-0.15, -0.1) is 0 Å². The number of halogens is 1. The third-order valence-electron chi connectivity index (χ3n) is 1.91. The standard InChI is InChI=1S/C7H9IN2O/c1-10-4-2-3-5-6(10)9-7(8)11-5/h2-4H2,1H3. The Hall–Kier alpha value is -0.260. The fraction of sp³-hybridized carbons (Fsp3) is 0.571. The van der Waals surface area contributed by atoms with E-state index in [1.807, 2.05) is 0 Å². The SMILES string of the molecule is CN1CCCc2oc(I)nc21. The van der Waals surface area contributed by atoms with Gasteiger partial charge >= 0.3 is 0 Å². The minimum Gasteiger partial charge on any atom is -0.435 e. The molecule has 0 fully saturated rings. The summed E-state index contributed by atoms with van der Waals surface area (Å²) in [5.74, 6) is 2.07. The van der Waals surface area contributed by atoms with E-state index in [2.05, 4.69) is 39.5 Å². The number of hydrogen-bond acceptors (Lipinski definition) is 3. The largest absolute Gasteiger partial charge is 0.435 e. The van der Waals surface area contributed by atoms with Gasteiger partial charge in [0.15, 0.2) is 5.82 Å². The Kier molecular flexibility index (Phi) is 1.78. The van der Waals surface area contributed by atoms with Crippen molar-refractivity contribution in [3.8, 4) is 0 Å². The van der Waals surface area contributed by atoms with Crippen LogP contribution in [0.1, 0.15) is 12.2 Å². The van der Waals surface area contributed by atoms with Crippen molar-refractivity contribution in [2.24, 2.45) is 0 Å². The van der Waals surface area contributed by atoms with Crippen molar-refractivity contribution in [3.05, 3.63) is 9.66 Å². The van der Waals surface area contributed by atoms with Crippen LogP contribution in [-0.4, -0.2) is 18.6 Å². The molecule has 1 aromatic rings. The molecule has 1 aliphatic heterocycles. The molecule has 2 heterocycles. The summed E-state index contributed by atoms with van der Waals surface area (Å²) in [4.78, 5) is 6.42. The Morgan fingerprint density at radius 1 is 1.64 bits per heavy atom. The fourth-order valence-corrected chi connectivity index (χ4v) is 1.85. The van der Waals surface area contributed by atoms with Crippen LogP contribution in [0.4, 0.5) is 5.82 Å². The number of fused-ring (bicyclic) bond motifs is 1. The third kappa shape index (κ3) is 1.23. The Bertz CT molecular complexity index is 271. The molecular weight excluding hydrogens is 255 g/mol. The predicted octanol–water partition coefficient (Wildman–Crippen LogP) is 1.66. The quantitative estimate of drug-likeness (QED) is 0.667. The van der Waals surface area contributed by atoms with E-state index in [0.717, 1.165) is 28.4 Å². The number of hydrogen-bond donors (Lipinski definition) is 0. The third-order valence-corrected chi connectivity index (χ3v) is 2.37. The van der Waals surface area contributed by atoms with Gasteiger partial charge in [-0.25, -0.2) is 0 Å². The molecule has 0 saturated carbocycles. The minimum absolute atomic E-state index is 0.751. The molecule has 0 N–H and O–H groups in total. The smallest absolute Gasteiger partial charge is 0.259 e. The molecule has 0 radical (unpaired) electrons. The van der Waals surface area contributed by atoms with Crippen molar-refractivity contribution in [2.45, 2.75) is 12.8 Å². The number of nitrogens with zero attached hydrogens (tertiary/aromatic N) is 2. The highest BCUT2D eigenvalue weighted by atomic mass is 127. The lowest BCUT2D eigenvalue weighted by atomic mass is 10.2. The molecule has 0 aliphatic carbocycles. The second-order valence-electron chi connectivity index (χ2n) is 2.74. The number of aryl methyl sites for hydroxylation is 1. The van der Waals surface area contributed by atoms with Crippen molar-refractivity contribution in [2.75, 3.05) is 18.5 Å². The molecule has 3 nitrogen and oxygen atoms in total. The van der Waals surface area contributed by atoms with Crippen LogP contribution in [0.2, 0.25) is 0 Å². The Balaban J connectivity index is 2.43. The Labute approximate surface area is 78.9 Å². The van der Waals surface area contributed by atoms with E-state index in [0.29, 0.717) is 0 Å². The van der Waals surface area contributed by atoms with Crippen LogP contribution in [0, 0.1) is 3.90 Å². The lowest BCUT2D eigenvalue weighted by molar-refractivity contribution is 0.465. The zero-order valence-corrected chi connectivity index (χ0v) is 8.46. The molecule has 0 atom stereocenters. The Morgan fingerprint density at radius 2 is 2.45 bits per heavy atom. The summed E-state index contributed by atoms with van der Waals surface area (Å²) in [6, 6.07) is 0. The molecule has 1 aromatic heterocycles. The van der Waals surface area contributed by atoms with Gasteiger partial charge in [-0.05, 0) is 6.42 Å². The first-order valence-corrected chi connectivity index (χ1v) is 4.71. The lowest BCUT2D eigenvalue weighted by Crippen LogP contribution is -2.24. The van der Waals surface area contributed by atoms with Crippen molar-refractivity contribution < 1.29 is 4.42 Å². The molecule has 0 aromatic carbocycles. The summed E-state index contributed by atoms with van der Waals surface area (Å²) in [6.45, 7) is 1.09. The molecule has 0 amide bonds. The van der Waals surface area contributed by atoms with Crippen LogP contribution in [0.3, 0.4) is 0 Å². The lowest BCUT2D eigenvalue weighted by Gasteiger charge is -2.20. The average Bonchev–Trinajstić information content (AvgIpc) is 2.31. The summed E-state index contributed by atoms with van der Waals surface area (Å²) in [5, 5.41) is 0. The molecule has 0 bridgehead atoms. The predicted molar refractivity (Wildman–Crippen MR) is 50.8 cm³/mol. The Morgan fingerprint density at radius 3 is 3.18 bits per heavy atom. The first kappa shape index (κ1) is 7.39. The number of oxazole rings is 1. The van der Waals surface area contributed by atoms with Gasteiger partial charge in [0.25, 0.3) is 3.90 Å². The van der Waals surface area contributed by atoms with E-state index in [4.69, 9.17) is 4.42 Å². The monoisotopic (exact) mass is 264 g/mol. The van der Waals surface area contributed by atoms with Crippen molar-refractivity contribution in [1.82, 2.24) is 4.98 Å². The first-order valence-electron chi connectivity index (χ1n) is 3.64. The summed E-state index contributed by atoms with van der Waals surface area (Å²) in [5.41, 5.74) is 0. The highest BCUT2D eigenvalue weighted by molar-refractivity contribution is 14.1. The van der Waals surface area contributed by atoms with Gasteiger partial charge in [0.05, 0.1) is 0 Å². The maximum Gasteiger partial charge on any atom is 0.259 e. The molecule has 0 unspecified atom stereocenters. The van der Waals surface area contributed by atoms with Crippen LogP contribution in [0.25, 0.3) is 0 Å². The topological polar surface area (TPSA) is 29.3 Å². The molecule has 60 valence electrons. The molecule has 2 rings (SSSR count). The van der Waals surface area contributed by atoms with Crippen LogP contribution in [0.5, 0.6) is 0 Å². The zero-order valence-electron chi connectivity index (χ0n) is 6.30. The summed E-state index contributed by atoms with van der Waals surface area (Å²) >= 11 is 2.11. The second kappa shape index (κ2) is 2.66. The average molecular weight is 264 g/mol. The number of aromatic nitrogens is 1. The summed E-state index contributed by atoms with van der Waals surface area (Å²) < 4.78 is 6.16. The molecule has 0 saturated heterocycles. The van der Waals surface area contributed by atoms with E-state index in [1.54, 1.807) is 0 Å². The highest BCUT2D eigenvalue weighted by Gasteiger charge is 2.19. The van der Waals surface area contributed by atoms with E-state index < -0.39 is 0 Å². The number of anilines is 1. The maximum atomic E-state index is 5.41. The zero-order chi connectivity index (χ0) is 7.84. The van der Waals surface area contributed by atoms with Gasteiger partial charge in [-0.3, -0.25) is 0 Å². The van der Waals surface area contributed by atoms with Crippen molar-refractivity contribution >= 4 is 28.4 Å². The molecule has 1 aliphatic rings. The van der Waals surface area contributed by atoms with Crippen LogP contribution < -0.4 is 4.90 Å². The van der Waals surface area contributed by atoms with Crippen molar-refractivity contribution in [3.63, 3.8) is 0 Å². The highest BCUT2D eigenvalue weighted by Crippen LogP contribution is 2.26. The van der Waals surface area contributed by atoms with E-state index in [9.17, 15) is 0 Å². The normalized spacial score (nSPS) is 16.7. The fourth-order valence-electron chi connectivity index (χ4n) is 1.36. The van der Waals surface area contributed by atoms with Crippen LogP contribution in [0.15, 0.2) is 4.42 Å². The van der Waals surface area contributed by atoms with Crippen LogP contribution >= 0.6 is 22.6 Å². The van der Waals surface area contributed by atoms with Crippen molar-refractivity contribution in [1.29, 1.82) is 0 Å². The van der Waals surface area contributed by atoms with E-state index >= 15 is 0 Å². The summed E-state index contributed by atoms with van der Waals surface area (Å²) in [6.07, 6.45) is 2.21. The van der Waals surface area contributed by atoms with Gasteiger partial charge in [0.2, 0.25) is 0 Å². The van der Waals surface area contributed by atoms with Gasteiger partial charge in [-0.2, -0.15) is 4.98 Å². The van der Waals surface area contributed by atoms with Gasteiger partial charge < -0.3 is 9.32 Å². The van der Waals surface area contributed by atoms with Gasteiger partial charge in [-0.1, -0.05) is 0 Å². The van der Waals surface area contributed by atoms with Gasteiger partial charge in [0.1, 0.15) is 5.76 Å². The second-order valence-corrected chi connectivity index (χ2v) is 3.66. The van der Waals surface area contributed by atoms with Gasteiger partial charge in [0, 0.05) is 42.6 Å². The molecule has 4 heteroatoms. The first-order chi connectivity index (χ1) is 5.27. The number of rotatable bonds is 0. The molecule has 0 spiro atoms. The van der Waals surface area contributed by atoms with E-state index in [1.165, 1.54) is 6.42 Å². The minimum atomic E-state index is 0.751. The van der Waals surface area contributed by atoms with E-state index in [-0.39, 0.29) is 0 Å². The maximum absolute atomic E-state index is 5.41. The summed E-state index contributed by atoms with van der Waals surface area (Å²) in [7, 11) is 2.05. The molecular formula is C7H9IN2O. The molecule has 11 heavy (non-hydrogen) atoms. The van der Waals surface area contributed by atoms with Crippen LogP contribution in [-0.2, 0) is 6.42 Å².